The van der Waals surface area contributed by atoms with Gasteiger partial charge in [0, 0.05) is 40.4 Å². The van der Waals surface area contributed by atoms with Crippen molar-refractivity contribution in [2.24, 2.45) is 0 Å². The first-order valence-corrected chi connectivity index (χ1v) is 13.1. The van der Waals surface area contributed by atoms with Gasteiger partial charge in [-0.25, -0.2) is 8.78 Å². The number of carbonyl (C=O) groups is 1. The molecule has 3 heterocycles. The molecule has 7 rings (SSSR count). The fourth-order valence-corrected chi connectivity index (χ4v) is 7.06. The Morgan fingerprint density at radius 2 is 2.03 bits per heavy atom. The normalized spacial score (nSPS) is 27.3. The molecule has 1 saturated heterocycles. The van der Waals surface area contributed by atoms with Crippen molar-refractivity contribution < 1.29 is 23.4 Å². The summed E-state index contributed by atoms with van der Waals surface area (Å²) in [5.74, 6) is -1.87. The molecule has 5 nitrogen and oxygen atoms in total. The number of hydrogen-bond acceptors (Lipinski definition) is 4. The number of aliphatic hydroxyl groups excluding tert-OH is 1. The molecule has 4 bridgehead atoms. The first kappa shape index (κ1) is 23.1. The van der Waals surface area contributed by atoms with Gasteiger partial charge in [0.15, 0.2) is 5.60 Å². The highest BCUT2D eigenvalue weighted by Crippen LogP contribution is 2.54. The summed E-state index contributed by atoms with van der Waals surface area (Å²) in [5, 5.41) is 16.9. The number of nitrogens with one attached hydrogen (secondary N) is 2. The fraction of sp³-hybridized carbons (Fsp3) is 0.345. The van der Waals surface area contributed by atoms with Crippen LogP contribution in [0.5, 0.6) is 5.75 Å². The molecule has 190 valence electrons. The summed E-state index contributed by atoms with van der Waals surface area (Å²) in [7, 11) is 0. The van der Waals surface area contributed by atoms with Crippen molar-refractivity contribution in [2.45, 2.75) is 56.3 Å². The summed E-state index contributed by atoms with van der Waals surface area (Å²) < 4.78 is 38.5. The summed E-state index contributed by atoms with van der Waals surface area (Å²) in [6.45, 7) is 2.71. The predicted molar refractivity (Wildman–Crippen MR) is 136 cm³/mol. The maximum Gasteiger partial charge on any atom is 0.256 e. The van der Waals surface area contributed by atoms with Gasteiger partial charge in [0.2, 0.25) is 0 Å². The Kier molecular flexibility index (Phi) is 5.00. The Bertz CT molecular complexity index is 1500. The molecular weight excluding hydrogens is 498 g/mol. The van der Waals surface area contributed by atoms with Gasteiger partial charge in [0.05, 0.1) is 22.7 Å². The first-order chi connectivity index (χ1) is 17.8. The summed E-state index contributed by atoms with van der Waals surface area (Å²) in [4.78, 5) is 13.7. The summed E-state index contributed by atoms with van der Waals surface area (Å²) in [6.07, 6.45) is 1.45. The zero-order chi connectivity index (χ0) is 25.6. The van der Waals surface area contributed by atoms with E-state index in [1.807, 2.05) is 25.1 Å². The second kappa shape index (κ2) is 8.00. The second-order valence-electron chi connectivity index (χ2n) is 10.6. The maximum absolute atomic E-state index is 16.5. The molecule has 0 unspecified atom stereocenters. The minimum atomic E-state index is -1.02. The van der Waals surface area contributed by atoms with Crippen molar-refractivity contribution in [3.63, 3.8) is 0 Å². The molecule has 4 aliphatic rings. The maximum atomic E-state index is 16.5. The molecule has 0 saturated carbocycles. The largest absolute Gasteiger partial charge is 0.480 e. The standard InChI is InChI=1S/C29H25ClF2N2O3/c1-13-8-20(35)23-16(13)10-17-25(27(23)32)24-18-12-29(22-6-3-7-33-22,37-21(18)11-19(31)26(24)30)14-4-2-5-15(9-14)34-28(17)36/h2,4-5,9-11,13,20,22,33,35H,3,6-8,12H2,1H3,(H,34,36)/t13-,20-,22-,29-/m0/s1. The van der Waals surface area contributed by atoms with Crippen molar-refractivity contribution in [1.29, 1.82) is 0 Å². The van der Waals surface area contributed by atoms with E-state index in [-0.39, 0.29) is 45.0 Å². The van der Waals surface area contributed by atoms with Gasteiger partial charge >= 0.3 is 0 Å². The number of amides is 1. The van der Waals surface area contributed by atoms with E-state index in [0.717, 1.165) is 24.9 Å². The average Bonchev–Trinajstić information content (AvgIpc) is 3.59. The SMILES string of the molecule is C[C@H]1C[C@H](O)c2c1cc1c(c2F)-c2c(Cl)c(F)cc3c2C[C@]([C@@H]2CCCN2)(O3)c2cccc(c2)NC1=O. The molecule has 4 atom stereocenters. The number of benzene rings is 3. The van der Waals surface area contributed by atoms with E-state index in [0.29, 0.717) is 29.7 Å². The minimum Gasteiger partial charge on any atom is -0.480 e. The Morgan fingerprint density at radius 1 is 1.19 bits per heavy atom. The van der Waals surface area contributed by atoms with Crippen molar-refractivity contribution in [2.75, 3.05) is 11.9 Å². The summed E-state index contributed by atoms with van der Waals surface area (Å²) in [6, 6.07) is 10.3. The number of carbonyl (C=O) groups excluding carboxylic acids is 1. The molecule has 1 fully saturated rings. The molecule has 3 aliphatic heterocycles. The number of fused-ring (bicyclic) bond motifs is 7. The molecule has 0 radical (unpaired) electrons. The van der Waals surface area contributed by atoms with E-state index in [1.54, 1.807) is 12.1 Å². The first-order valence-electron chi connectivity index (χ1n) is 12.7. The molecular formula is C29H25ClF2N2O3. The summed E-state index contributed by atoms with van der Waals surface area (Å²) in [5.41, 5.74) is 1.84. The highest BCUT2D eigenvalue weighted by atomic mass is 35.5. The van der Waals surface area contributed by atoms with Crippen LogP contribution in [0.4, 0.5) is 14.5 Å². The van der Waals surface area contributed by atoms with Crippen LogP contribution in [0.2, 0.25) is 5.02 Å². The van der Waals surface area contributed by atoms with Crippen LogP contribution in [0.3, 0.4) is 0 Å². The van der Waals surface area contributed by atoms with E-state index >= 15 is 8.78 Å². The van der Waals surface area contributed by atoms with Gasteiger partial charge in [-0.15, -0.1) is 0 Å². The van der Waals surface area contributed by atoms with Gasteiger partial charge in [-0.05, 0) is 61.1 Å². The Morgan fingerprint density at radius 3 is 2.81 bits per heavy atom. The van der Waals surface area contributed by atoms with Crippen molar-refractivity contribution in [3.05, 3.63) is 80.9 Å². The van der Waals surface area contributed by atoms with Gasteiger partial charge in [-0.2, -0.15) is 0 Å². The molecule has 1 amide bonds. The van der Waals surface area contributed by atoms with Crippen LogP contribution < -0.4 is 15.4 Å². The summed E-state index contributed by atoms with van der Waals surface area (Å²) >= 11 is 6.60. The number of ether oxygens (including phenoxy) is 1. The van der Waals surface area contributed by atoms with Crippen molar-refractivity contribution >= 4 is 23.2 Å². The van der Waals surface area contributed by atoms with Gasteiger partial charge in [0.1, 0.15) is 17.4 Å². The number of halogens is 3. The smallest absolute Gasteiger partial charge is 0.256 e. The van der Waals surface area contributed by atoms with Crippen LogP contribution in [0, 0.1) is 11.6 Å². The lowest BCUT2D eigenvalue weighted by Gasteiger charge is -2.35. The topological polar surface area (TPSA) is 70.6 Å². The van der Waals surface area contributed by atoms with Gasteiger partial charge in [-0.1, -0.05) is 30.7 Å². The molecule has 0 aromatic heterocycles. The number of hydrogen-bond donors (Lipinski definition) is 3. The molecule has 3 aromatic carbocycles. The van der Waals surface area contributed by atoms with Crippen LogP contribution in [0.25, 0.3) is 11.1 Å². The lowest BCUT2D eigenvalue weighted by Crippen LogP contribution is -2.49. The van der Waals surface area contributed by atoms with Crippen LogP contribution in [0.15, 0.2) is 36.4 Å². The van der Waals surface area contributed by atoms with E-state index in [2.05, 4.69) is 10.6 Å². The molecule has 8 heteroatoms. The van der Waals surface area contributed by atoms with Gasteiger partial charge in [-0.3, -0.25) is 4.79 Å². The number of aliphatic hydroxyl groups is 1. The third kappa shape index (κ3) is 3.17. The Hall–Kier alpha value is -3.00. The zero-order valence-corrected chi connectivity index (χ0v) is 20.9. The third-order valence-electron chi connectivity index (χ3n) is 8.52. The average molecular weight is 523 g/mol. The lowest BCUT2D eigenvalue weighted by atomic mass is 9.80. The van der Waals surface area contributed by atoms with Crippen LogP contribution in [-0.4, -0.2) is 23.6 Å². The molecule has 0 spiro atoms. The van der Waals surface area contributed by atoms with E-state index in [1.165, 1.54) is 6.07 Å². The van der Waals surface area contributed by atoms with E-state index in [9.17, 15) is 9.90 Å². The highest BCUT2D eigenvalue weighted by Gasteiger charge is 2.51. The van der Waals surface area contributed by atoms with Crippen LogP contribution in [-0.2, 0) is 12.0 Å². The number of anilines is 1. The Labute approximate surface area is 217 Å². The van der Waals surface area contributed by atoms with Gasteiger partial charge in [0.25, 0.3) is 5.91 Å². The fourth-order valence-electron chi connectivity index (χ4n) is 6.80. The molecule has 3 N–H and O–H groups in total. The zero-order valence-electron chi connectivity index (χ0n) is 20.1. The monoisotopic (exact) mass is 522 g/mol. The van der Waals surface area contributed by atoms with Crippen molar-refractivity contribution in [3.8, 4) is 16.9 Å². The predicted octanol–water partition coefficient (Wildman–Crippen LogP) is 5.97. The van der Waals surface area contributed by atoms with E-state index < -0.39 is 29.2 Å². The minimum absolute atomic E-state index is 0.0516. The van der Waals surface area contributed by atoms with Crippen LogP contribution in [0.1, 0.15) is 70.8 Å². The van der Waals surface area contributed by atoms with E-state index in [4.69, 9.17) is 16.3 Å². The third-order valence-corrected chi connectivity index (χ3v) is 8.89. The quantitative estimate of drug-likeness (QED) is 0.368. The molecule has 37 heavy (non-hydrogen) atoms. The second-order valence-corrected chi connectivity index (χ2v) is 11.0. The van der Waals surface area contributed by atoms with Crippen molar-refractivity contribution in [1.82, 2.24) is 5.32 Å². The lowest BCUT2D eigenvalue weighted by molar-refractivity contribution is 0.0539. The Balaban J connectivity index is 1.59. The number of rotatable bonds is 1. The van der Waals surface area contributed by atoms with Gasteiger partial charge < -0.3 is 20.5 Å². The van der Waals surface area contributed by atoms with Crippen LogP contribution >= 0.6 is 11.6 Å². The highest BCUT2D eigenvalue weighted by molar-refractivity contribution is 6.34. The molecule has 3 aromatic rings. The molecule has 1 aliphatic carbocycles.